The third kappa shape index (κ3) is 5.88. The molecule has 0 aromatic carbocycles. The number of aliphatic imine (C=N–C) groups is 1. The van der Waals surface area contributed by atoms with Gasteiger partial charge in [0.15, 0.2) is 0 Å². The number of aromatic nitrogens is 1. The molecule has 4 N–H and O–H groups in total. The lowest BCUT2D eigenvalue weighted by Crippen LogP contribution is -2.47. The van der Waals surface area contributed by atoms with E-state index in [1.54, 1.807) is 23.2 Å². The third-order valence-corrected chi connectivity index (χ3v) is 6.85. The van der Waals surface area contributed by atoms with E-state index < -0.39 is 0 Å². The quantitative estimate of drug-likeness (QED) is 0.439. The Labute approximate surface area is 218 Å². The lowest BCUT2D eigenvalue weighted by atomic mass is 9.96. The maximum atomic E-state index is 13.5. The van der Waals surface area contributed by atoms with Crippen LogP contribution < -0.4 is 10.6 Å². The second-order valence-electron chi connectivity index (χ2n) is 10.1. The Morgan fingerprint density at radius 3 is 2.84 bits per heavy atom. The van der Waals surface area contributed by atoms with E-state index in [2.05, 4.69) is 26.6 Å². The van der Waals surface area contributed by atoms with Gasteiger partial charge < -0.3 is 31.3 Å². The molecule has 0 saturated carbocycles. The monoisotopic (exact) mass is 501 g/mol. The fourth-order valence-electron chi connectivity index (χ4n) is 4.94. The Kier molecular flexibility index (Phi) is 8.01. The number of amidine groups is 1. The Bertz CT molecular complexity index is 1210. The van der Waals surface area contributed by atoms with Crippen molar-refractivity contribution >= 4 is 29.5 Å². The molecule has 1 unspecified atom stereocenters. The number of piperidine rings is 1. The summed E-state index contributed by atoms with van der Waals surface area (Å²) in [5.74, 6) is 1.79. The number of rotatable bonds is 6. The van der Waals surface area contributed by atoms with Gasteiger partial charge in [0.2, 0.25) is 0 Å². The Morgan fingerprint density at radius 2 is 2.14 bits per heavy atom. The van der Waals surface area contributed by atoms with Gasteiger partial charge in [-0.3, -0.25) is 4.79 Å². The van der Waals surface area contributed by atoms with Gasteiger partial charge in [0.05, 0.1) is 29.3 Å². The topological polar surface area (TPSA) is 144 Å². The summed E-state index contributed by atoms with van der Waals surface area (Å²) in [4.78, 5) is 26.6. The van der Waals surface area contributed by atoms with E-state index in [9.17, 15) is 10.1 Å². The van der Waals surface area contributed by atoms with Crippen LogP contribution in [-0.4, -0.2) is 70.2 Å². The van der Waals surface area contributed by atoms with E-state index in [0.717, 1.165) is 37.2 Å². The highest BCUT2D eigenvalue weighted by atomic mass is 16.2. The molecule has 2 atom stereocenters. The van der Waals surface area contributed by atoms with Crippen molar-refractivity contribution < 1.29 is 4.79 Å². The largest absolute Gasteiger partial charge is 0.367 e. The number of carbonyl (C=O) groups excluding carboxylic acids is 1. The van der Waals surface area contributed by atoms with Crippen LogP contribution in [0, 0.1) is 28.1 Å². The molecule has 37 heavy (non-hydrogen) atoms. The highest BCUT2D eigenvalue weighted by Gasteiger charge is 2.31. The van der Waals surface area contributed by atoms with E-state index in [-0.39, 0.29) is 23.9 Å². The van der Waals surface area contributed by atoms with Gasteiger partial charge in [-0.15, -0.1) is 0 Å². The van der Waals surface area contributed by atoms with Crippen LogP contribution in [0.25, 0.3) is 0 Å². The van der Waals surface area contributed by atoms with Crippen LogP contribution in [0.5, 0.6) is 0 Å². The SMILES string of the molecule is CC1=CN/C(=C\C(=N)[C@@H]2CCCCN2C(=O)c2cnc(NC(C)C)c(C=N)c2)N=C1N1CCC(C#N)C1. The summed E-state index contributed by atoms with van der Waals surface area (Å²) in [5, 5.41) is 32.3. The molecular formula is C27H35N9O. The molecule has 4 rings (SSSR count). The van der Waals surface area contributed by atoms with Gasteiger partial charge in [0.1, 0.15) is 17.5 Å². The molecule has 1 amide bonds. The van der Waals surface area contributed by atoms with Crippen LogP contribution in [0.15, 0.2) is 40.9 Å². The van der Waals surface area contributed by atoms with Crippen molar-refractivity contribution in [1.29, 1.82) is 16.1 Å². The molecule has 0 aliphatic carbocycles. The van der Waals surface area contributed by atoms with E-state index >= 15 is 0 Å². The van der Waals surface area contributed by atoms with E-state index in [4.69, 9.17) is 15.8 Å². The summed E-state index contributed by atoms with van der Waals surface area (Å²) < 4.78 is 0. The number of hydrogen-bond donors (Lipinski definition) is 4. The molecule has 1 aromatic rings. The maximum Gasteiger partial charge on any atom is 0.256 e. The van der Waals surface area contributed by atoms with Gasteiger partial charge in [-0.1, -0.05) is 0 Å². The first kappa shape index (κ1) is 26.1. The fraction of sp³-hybridized carbons (Fsp3) is 0.481. The lowest BCUT2D eigenvalue weighted by molar-refractivity contribution is 0.0680. The first-order chi connectivity index (χ1) is 17.8. The van der Waals surface area contributed by atoms with Crippen LogP contribution in [0.2, 0.25) is 0 Å². The molecule has 0 radical (unpaired) electrons. The Morgan fingerprint density at radius 1 is 1.32 bits per heavy atom. The molecule has 3 aliphatic heterocycles. The molecule has 0 spiro atoms. The second kappa shape index (κ2) is 11.4. The predicted molar refractivity (Wildman–Crippen MR) is 145 cm³/mol. The fourth-order valence-corrected chi connectivity index (χ4v) is 4.94. The summed E-state index contributed by atoms with van der Waals surface area (Å²) in [6, 6.07) is 3.82. The van der Waals surface area contributed by atoms with Gasteiger partial charge in [-0.05, 0) is 52.5 Å². The molecule has 1 aromatic heterocycles. The zero-order chi connectivity index (χ0) is 26.5. The molecule has 10 nitrogen and oxygen atoms in total. The average Bonchev–Trinajstić information content (AvgIpc) is 3.38. The van der Waals surface area contributed by atoms with Crippen LogP contribution in [0.3, 0.4) is 0 Å². The highest BCUT2D eigenvalue weighted by molar-refractivity contribution is 6.04. The van der Waals surface area contributed by atoms with Gasteiger partial charge in [-0.25, -0.2) is 9.98 Å². The van der Waals surface area contributed by atoms with Crippen molar-refractivity contribution in [1.82, 2.24) is 20.1 Å². The summed E-state index contributed by atoms with van der Waals surface area (Å²) in [7, 11) is 0. The zero-order valence-corrected chi connectivity index (χ0v) is 21.7. The molecule has 194 valence electrons. The molecule has 2 fully saturated rings. The number of amides is 1. The molecule has 3 aliphatic rings. The summed E-state index contributed by atoms with van der Waals surface area (Å²) in [5.41, 5.74) is 2.28. The van der Waals surface area contributed by atoms with E-state index in [1.807, 2.05) is 27.0 Å². The van der Waals surface area contributed by atoms with Crippen molar-refractivity contribution in [2.45, 2.75) is 58.5 Å². The number of carbonyl (C=O) groups is 1. The maximum absolute atomic E-state index is 13.5. The molecule has 10 heteroatoms. The Hall–Kier alpha value is -4.00. The number of nitriles is 1. The minimum Gasteiger partial charge on any atom is -0.367 e. The first-order valence-electron chi connectivity index (χ1n) is 12.9. The number of anilines is 1. The van der Waals surface area contributed by atoms with Gasteiger partial charge >= 0.3 is 0 Å². The number of nitrogens with zero attached hydrogens (tertiary/aromatic N) is 5. The Balaban J connectivity index is 1.53. The van der Waals surface area contributed by atoms with E-state index in [1.165, 1.54) is 6.21 Å². The van der Waals surface area contributed by atoms with Crippen molar-refractivity contribution in [3.8, 4) is 6.07 Å². The van der Waals surface area contributed by atoms with Crippen LogP contribution in [-0.2, 0) is 0 Å². The summed E-state index contributed by atoms with van der Waals surface area (Å²) >= 11 is 0. The van der Waals surface area contributed by atoms with Crippen molar-refractivity contribution in [2.75, 3.05) is 25.0 Å². The van der Waals surface area contributed by atoms with E-state index in [0.29, 0.717) is 48.0 Å². The average molecular weight is 502 g/mol. The number of pyridine rings is 1. The van der Waals surface area contributed by atoms with Gasteiger partial charge in [-0.2, -0.15) is 5.26 Å². The van der Waals surface area contributed by atoms with Gasteiger partial charge in [0, 0.05) is 61.5 Å². The number of likely N-dealkylation sites (tertiary alicyclic amines) is 2. The van der Waals surface area contributed by atoms with Gasteiger partial charge in [0.25, 0.3) is 5.91 Å². The minimum absolute atomic E-state index is 0.0100. The molecule has 2 saturated heterocycles. The lowest BCUT2D eigenvalue weighted by Gasteiger charge is -2.35. The van der Waals surface area contributed by atoms with Crippen molar-refractivity contribution in [3.63, 3.8) is 0 Å². The molecular weight excluding hydrogens is 466 g/mol. The zero-order valence-electron chi connectivity index (χ0n) is 21.7. The second-order valence-corrected chi connectivity index (χ2v) is 10.1. The highest BCUT2D eigenvalue weighted by Crippen LogP contribution is 2.24. The predicted octanol–water partition coefficient (Wildman–Crippen LogP) is 3.51. The normalized spacial score (nSPS) is 22.7. The van der Waals surface area contributed by atoms with Crippen LogP contribution in [0.1, 0.15) is 62.4 Å². The number of hydrogen-bond acceptors (Lipinski definition) is 9. The molecule has 4 heterocycles. The van der Waals surface area contributed by atoms with Crippen molar-refractivity contribution in [2.24, 2.45) is 10.9 Å². The molecule has 0 bridgehead atoms. The van der Waals surface area contributed by atoms with Crippen LogP contribution >= 0.6 is 0 Å². The summed E-state index contributed by atoms with van der Waals surface area (Å²) in [6.07, 6.45) is 9.67. The third-order valence-electron chi connectivity index (χ3n) is 6.85. The van der Waals surface area contributed by atoms with Crippen molar-refractivity contribution in [3.05, 3.63) is 47.1 Å². The summed E-state index contributed by atoms with van der Waals surface area (Å²) in [6.45, 7) is 7.97. The minimum atomic E-state index is -0.368. The number of nitrogens with one attached hydrogen (secondary N) is 4. The standard InChI is InChI=1S/C27H35N9O/c1-17(2)33-25-20(13-29)10-21(15-32-25)27(37)36-8-5-4-6-23(36)22(30)11-24-31-14-18(3)26(34-24)35-9-7-19(12-28)16-35/h10-11,13-15,17,19,23,29-31H,4-9,16H2,1-3H3,(H,32,33)/b24-11+,29-13?,30-22?/t19?,23-/m0/s1. The first-order valence-corrected chi connectivity index (χ1v) is 12.9. The van der Waals surface area contributed by atoms with Crippen LogP contribution in [0.4, 0.5) is 5.82 Å². The smallest absolute Gasteiger partial charge is 0.256 e.